The van der Waals surface area contributed by atoms with E-state index in [-0.39, 0.29) is 11.9 Å². The van der Waals surface area contributed by atoms with Crippen molar-refractivity contribution in [3.05, 3.63) is 23.8 Å². The van der Waals surface area contributed by atoms with E-state index < -0.39 is 6.04 Å². The molecule has 1 saturated heterocycles. The molecular weight excluding hydrogens is 260 g/mol. The molecule has 1 heterocycles. The van der Waals surface area contributed by atoms with Crippen LogP contribution >= 0.6 is 0 Å². The Labute approximate surface area is 117 Å². The van der Waals surface area contributed by atoms with Crippen LogP contribution in [0, 0.1) is 0 Å². The molecular formula is C14H18N2O4. The molecule has 1 fully saturated rings. The number of nitrogens with zero attached hydrogens (tertiary/aromatic N) is 1. The third kappa shape index (κ3) is 2.68. The van der Waals surface area contributed by atoms with E-state index in [1.54, 1.807) is 18.2 Å². The lowest BCUT2D eigenvalue weighted by Gasteiger charge is -2.23. The number of esters is 1. The third-order valence-corrected chi connectivity index (χ3v) is 3.40. The van der Waals surface area contributed by atoms with Gasteiger partial charge in [0.1, 0.15) is 11.8 Å². The Balaban J connectivity index is 2.26. The predicted molar refractivity (Wildman–Crippen MR) is 73.5 cm³/mol. The van der Waals surface area contributed by atoms with Gasteiger partial charge < -0.3 is 20.1 Å². The fraction of sp³-hybridized carbons (Fsp3) is 0.429. The van der Waals surface area contributed by atoms with Gasteiger partial charge in [-0.2, -0.15) is 0 Å². The molecule has 1 unspecified atom stereocenters. The van der Waals surface area contributed by atoms with Crippen LogP contribution in [0.3, 0.4) is 0 Å². The average molecular weight is 278 g/mol. The Kier molecular flexibility index (Phi) is 4.12. The molecule has 2 rings (SSSR count). The number of anilines is 1. The van der Waals surface area contributed by atoms with Crippen molar-refractivity contribution in [1.29, 1.82) is 0 Å². The standard InChI is InChI=1S/C14H18N2O4/c1-19-11-7-9(6-10(15)8-11)13(17)16-5-3-4-12(16)14(18)20-2/h6-8,12H,3-5,15H2,1-2H3. The molecule has 2 N–H and O–H groups in total. The van der Waals surface area contributed by atoms with Crippen LogP contribution in [-0.2, 0) is 9.53 Å². The van der Waals surface area contributed by atoms with Crippen molar-refractivity contribution in [1.82, 2.24) is 4.90 Å². The molecule has 1 aromatic carbocycles. The van der Waals surface area contributed by atoms with Crippen molar-refractivity contribution in [3.8, 4) is 5.75 Å². The van der Waals surface area contributed by atoms with Crippen LogP contribution in [0.5, 0.6) is 5.75 Å². The van der Waals surface area contributed by atoms with Crippen LogP contribution in [0.25, 0.3) is 0 Å². The Morgan fingerprint density at radius 2 is 2.05 bits per heavy atom. The molecule has 1 amide bonds. The molecule has 0 aliphatic carbocycles. The van der Waals surface area contributed by atoms with Gasteiger partial charge in [-0.25, -0.2) is 4.79 Å². The number of amides is 1. The maximum Gasteiger partial charge on any atom is 0.328 e. The van der Waals surface area contributed by atoms with Crippen molar-refractivity contribution in [2.45, 2.75) is 18.9 Å². The molecule has 6 heteroatoms. The van der Waals surface area contributed by atoms with Crippen LogP contribution in [-0.4, -0.2) is 43.6 Å². The Bertz CT molecular complexity index is 530. The number of carbonyl (C=O) groups excluding carboxylic acids is 2. The Morgan fingerprint density at radius 1 is 1.30 bits per heavy atom. The summed E-state index contributed by atoms with van der Waals surface area (Å²) in [6, 6.07) is 4.32. The highest BCUT2D eigenvalue weighted by Crippen LogP contribution is 2.24. The molecule has 0 saturated carbocycles. The Hall–Kier alpha value is -2.24. The topological polar surface area (TPSA) is 81.9 Å². The van der Waals surface area contributed by atoms with Gasteiger partial charge in [-0.3, -0.25) is 4.79 Å². The molecule has 1 aliphatic rings. The number of hydrogen-bond donors (Lipinski definition) is 1. The van der Waals surface area contributed by atoms with Gasteiger partial charge in [0.15, 0.2) is 0 Å². The number of benzene rings is 1. The van der Waals surface area contributed by atoms with Gasteiger partial charge in [0.05, 0.1) is 14.2 Å². The molecule has 0 bridgehead atoms. The summed E-state index contributed by atoms with van der Waals surface area (Å²) in [5.74, 6) is -0.0996. The van der Waals surface area contributed by atoms with Gasteiger partial charge in [-0.05, 0) is 25.0 Å². The molecule has 1 aliphatic heterocycles. The SMILES string of the molecule is COC(=O)C1CCCN1C(=O)c1cc(N)cc(OC)c1. The second-order valence-electron chi connectivity index (χ2n) is 4.67. The average Bonchev–Trinajstić information content (AvgIpc) is 2.94. The maximum absolute atomic E-state index is 12.5. The summed E-state index contributed by atoms with van der Waals surface area (Å²) in [7, 11) is 2.84. The summed E-state index contributed by atoms with van der Waals surface area (Å²) in [6.07, 6.45) is 1.41. The van der Waals surface area contributed by atoms with Crippen molar-refractivity contribution in [3.63, 3.8) is 0 Å². The third-order valence-electron chi connectivity index (χ3n) is 3.40. The fourth-order valence-electron chi connectivity index (χ4n) is 2.42. The first-order valence-corrected chi connectivity index (χ1v) is 6.40. The summed E-state index contributed by atoms with van der Waals surface area (Å²) in [4.78, 5) is 25.7. The van der Waals surface area contributed by atoms with Crippen LogP contribution in [0.4, 0.5) is 5.69 Å². The normalized spacial score (nSPS) is 17.9. The molecule has 1 aromatic rings. The number of rotatable bonds is 3. The van der Waals surface area contributed by atoms with Gasteiger partial charge in [-0.1, -0.05) is 0 Å². The molecule has 0 aromatic heterocycles. The lowest BCUT2D eigenvalue weighted by Crippen LogP contribution is -2.41. The van der Waals surface area contributed by atoms with Crippen molar-refractivity contribution >= 4 is 17.6 Å². The summed E-state index contributed by atoms with van der Waals surface area (Å²) < 4.78 is 9.84. The van der Waals surface area contributed by atoms with E-state index in [2.05, 4.69) is 0 Å². The van der Waals surface area contributed by atoms with E-state index in [0.717, 1.165) is 6.42 Å². The zero-order valence-electron chi connectivity index (χ0n) is 11.6. The second-order valence-corrected chi connectivity index (χ2v) is 4.67. The maximum atomic E-state index is 12.5. The summed E-state index contributed by atoms with van der Waals surface area (Å²) in [5.41, 5.74) is 6.61. The van der Waals surface area contributed by atoms with Crippen molar-refractivity contribution in [2.75, 3.05) is 26.5 Å². The number of methoxy groups -OCH3 is 2. The predicted octanol–water partition coefficient (Wildman–Crippen LogP) is 1.05. The zero-order valence-corrected chi connectivity index (χ0v) is 11.6. The highest BCUT2D eigenvalue weighted by atomic mass is 16.5. The van der Waals surface area contributed by atoms with E-state index >= 15 is 0 Å². The quantitative estimate of drug-likeness (QED) is 0.660. The second kappa shape index (κ2) is 5.81. The van der Waals surface area contributed by atoms with Gasteiger partial charge in [-0.15, -0.1) is 0 Å². The van der Waals surface area contributed by atoms with Gasteiger partial charge in [0.2, 0.25) is 0 Å². The fourth-order valence-corrected chi connectivity index (χ4v) is 2.42. The van der Waals surface area contributed by atoms with Crippen molar-refractivity contribution in [2.24, 2.45) is 0 Å². The highest BCUT2D eigenvalue weighted by Gasteiger charge is 2.35. The Morgan fingerprint density at radius 3 is 2.70 bits per heavy atom. The number of ether oxygens (including phenoxy) is 2. The number of hydrogen-bond acceptors (Lipinski definition) is 5. The minimum atomic E-state index is -0.514. The monoisotopic (exact) mass is 278 g/mol. The van der Waals surface area contributed by atoms with E-state index in [9.17, 15) is 9.59 Å². The number of carbonyl (C=O) groups is 2. The first-order valence-electron chi connectivity index (χ1n) is 6.40. The van der Waals surface area contributed by atoms with E-state index in [1.165, 1.54) is 19.1 Å². The molecule has 20 heavy (non-hydrogen) atoms. The van der Waals surface area contributed by atoms with Crippen LogP contribution in [0.1, 0.15) is 23.2 Å². The van der Waals surface area contributed by atoms with Crippen LogP contribution in [0.2, 0.25) is 0 Å². The van der Waals surface area contributed by atoms with Crippen LogP contribution in [0.15, 0.2) is 18.2 Å². The number of nitrogen functional groups attached to an aromatic ring is 1. The van der Waals surface area contributed by atoms with E-state index in [1.807, 2.05) is 0 Å². The van der Waals surface area contributed by atoms with Gasteiger partial charge in [0, 0.05) is 23.9 Å². The number of likely N-dealkylation sites (tertiary alicyclic amines) is 1. The summed E-state index contributed by atoms with van der Waals surface area (Å²) in [6.45, 7) is 0.537. The lowest BCUT2D eigenvalue weighted by atomic mass is 10.1. The highest BCUT2D eigenvalue weighted by molar-refractivity contribution is 5.98. The molecule has 0 radical (unpaired) electrons. The first-order chi connectivity index (χ1) is 9.56. The smallest absolute Gasteiger partial charge is 0.328 e. The van der Waals surface area contributed by atoms with Crippen LogP contribution < -0.4 is 10.5 Å². The first kappa shape index (κ1) is 14.2. The van der Waals surface area contributed by atoms with Crippen molar-refractivity contribution < 1.29 is 19.1 Å². The molecule has 0 spiro atoms. The molecule has 6 nitrogen and oxygen atoms in total. The molecule has 1 atom stereocenters. The largest absolute Gasteiger partial charge is 0.497 e. The van der Waals surface area contributed by atoms with E-state index in [0.29, 0.717) is 30.0 Å². The summed E-state index contributed by atoms with van der Waals surface area (Å²) >= 11 is 0. The zero-order chi connectivity index (χ0) is 14.7. The van der Waals surface area contributed by atoms with Gasteiger partial charge >= 0.3 is 5.97 Å². The lowest BCUT2D eigenvalue weighted by molar-refractivity contribution is -0.145. The van der Waals surface area contributed by atoms with E-state index in [4.69, 9.17) is 15.2 Å². The minimum Gasteiger partial charge on any atom is -0.497 e. The number of nitrogens with two attached hydrogens (primary N) is 1. The molecule has 108 valence electrons. The summed E-state index contributed by atoms with van der Waals surface area (Å²) in [5, 5.41) is 0. The minimum absolute atomic E-state index is 0.233. The van der Waals surface area contributed by atoms with Gasteiger partial charge in [0.25, 0.3) is 5.91 Å².